The van der Waals surface area contributed by atoms with E-state index in [1.54, 1.807) is 0 Å². The molecule has 3 aromatic rings. The predicted octanol–water partition coefficient (Wildman–Crippen LogP) is 5.17. The van der Waals surface area contributed by atoms with Crippen LogP contribution in [0.2, 0.25) is 0 Å². The highest BCUT2D eigenvalue weighted by Gasteiger charge is 2.19. The Labute approximate surface area is 138 Å². The molecule has 0 radical (unpaired) electrons. The number of hydrogen-bond acceptors (Lipinski definition) is 1. The summed E-state index contributed by atoms with van der Waals surface area (Å²) in [6.07, 6.45) is 3.30. The van der Waals surface area contributed by atoms with E-state index in [4.69, 9.17) is 0 Å². The maximum atomic E-state index is 2.50. The van der Waals surface area contributed by atoms with Gasteiger partial charge in [0.25, 0.3) is 0 Å². The van der Waals surface area contributed by atoms with Gasteiger partial charge in [-0.15, -0.1) is 0 Å². The predicted molar refractivity (Wildman–Crippen MR) is 97.4 cm³/mol. The molecule has 0 N–H and O–H groups in total. The molecule has 1 aliphatic heterocycles. The average molecular weight is 299 g/mol. The van der Waals surface area contributed by atoms with Gasteiger partial charge in [0.2, 0.25) is 0 Å². The first-order chi connectivity index (χ1) is 11.4. The lowest BCUT2D eigenvalue weighted by Gasteiger charge is -2.27. The molecular weight excluding hydrogens is 278 g/mol. The lowest BCUT2D eigenvalue weighted by molar-refractivity contribution is 0.911. The zero-order chi connectivity index (χ0) is 15.5. The number of fused-ring (bicyclic) bond motifs is 2. The topological polar surface area (TPSA) is 3.24 Å². The fourth-order valence-electron chi connectivity index (χ4n) is 3.50. The van der Waals surface area contributed by atoms with Crippen molar-refractivity contribution in [2.45, 2.75) is 19.3 Å². The van der Waals surface area contributed by atoms with Crippen molar-refractivity contribution in [1.29, 1.82) is 0 Å². The Morgan fingerprint density at radius 1 is 0.609 bits per heavy atom. The third kappa shape index (κ3) is 2.87. The quantitative estimate of drug-likeness (QED) is 0.645. The molecule has 114 valence electrons. The van der Waals surface area contributed by atoms with Crippen LogP contribution in [0.3, 0.4) is 0 Å². The van der Waals surface area contributed by atoms with Crippen LogP contribution in [0.1, 0.15) is 16.7 Å². The second kappa shape index (κ2) is 6.29. The Balaban J connectivity index is 1.71. The number of benzene rings is 3. The molecular formula is C22H21N. The summed E-state index contributed by atoms with van der Waals surface area (Å²) in [5.41, 5.74) is 7.04. The molecule has 0 unspecified atom stereocenters. The Bertz CT molecular complexity index is 744. The van der Waals surface area contributed by atoms with Gasteiger partial charge in [-0.2, -0.15) is 0 Å². The van der Waals surface area contributed by atoms with Crippen LogP contribution in [0.25, 0.3) is 0 Å². The number of rotatable bonds is 3. The number of hydrogen-bond donors (Lipinski definition) is 0. The largest absolute Gasteiger partial charge is 0.341 e. The Hall–Kier alpha value is -2.54. The molecule has 1 nitrogen and oxygen atoms in total. The molecule has 4 rings (SSSR count). The van der Waals surface area contributed by atoms with Gasteiger partial charge in [0.05, 0.1) is 0 Å². The van der Waals surface area contributed by atoms with Crippen LogP contribution in [0.4, 0.5) is 11.4 Å². The second-order valence-electron chi connectivity index (χ2n) is 6.14. The first kappa shape index (κ1) is 14.1. The number of anilines is 2. The summed E-state index contributed by atoms with van der Waals surface area (Å²) in [5, 5.41) is 0. The molecule has 3 aromatic carbocycles. The fraction of sp³-hybridized carbons (Fsp3) is 0.182. The van der Waals surface area contributed by atoms with E-state index in [2.05, 4.69) is 83.8 Å². The first-order valence-corrected chi connectivity index (χ1v) is 8.39. The van der Waals surface area contributed by atoms with Crippen molar-refractivity contribution in [2.24, 2.45) is 0 Å². The number of nitrogens with zero attached hydrogens (tertiary/aromatic N) is 1. The molecule has 0 saturated heterocycles. The maximum absolute atomic E-state index is 2.50. The summed E-state index contributed by atoms with van der Waals surface area (Å²) in [4.78, 5) is 2.50. The summed E-state index contributed by atoms with van der Waals surface area (Å²) in [5.74, 6) is 0. The lowest BCUT2D eigenvalue weighted by Crippen LogP contribution is -2.21. The van der Waals surface area contributed by atoms with Crippen molar-refractivity contribution < 1.29 is 0 Å². The van der Waals surface area contributed by atoms with Crippen molar-refractivity contribution in [3.63, 3.8) is 0 Å². The summed E-state index contributed by atoms with van der Waals surface area (Å²) < 4.78 is 0. The van der Waals surface area contributed by atoms with E-state index in [0.717, 1.165) is 25.8 Å². The highest BCUT2D eigenvalue weighted by molar-refractivity contribution is 5.71. The first-order valence-electron chi connectivity index (χ1n) is 8.39. The molecule has 0 aromatic heterocycles. The smallest absolute Gasteiger partial charge is 0.0443 e. The Morgan fingerprint density at radius 3 is 1.74 bits per heavy atom. The van der Waals surface area contributed by atoms with E-state index in [0.29, 0.717) is 0 Å². The van der Waals surface area contributed by atoms with Crippen molar-refractivity contribution in [1.82, 2.24) is 0 Å². The number of aryl methyl sites for hydroxylation is 2. The molecule has 1 aliphatic rings. The van der Waals surface area contributed by atoms with Gasteiger partial charge in [-0.25, -0.2) is 0 Å². The number of para-hydroxylation sites is 2. The minimum Gasteiger partial charge on any atom is -0.341 e. The Morgan fingerprint density at radius 2 is 1.13 bits per heavy atom. The summed E-state index contributed by atoms with van der Waals surface area (Å²) in [7, 11) is 0. The minimum absolute atomic E-state index is 1.01. The summed E-state index contributed by atoms with van der Waals surface area (Å²) >= 11 is 0. The molecule has 0 saturated carbocycles. The van der Waals surface area contributed by atoms with Crippen molar-refractivity contribution in [3.8, 4) is 0 Å². The second-order valence-corrected chi connectivity index (χ2v) is 6.14. The minimum atomic E-state index is 1.01. The van der Waals surface area contributed by atoms with Crippen LogP contribution >= 0.6 is 0 Å². The summed E-state index contributed by atoms with van der Waals surface area (Å²) in [6.45, 7) is 1.01. The molecule has 0 amide bonds. The molecule has 0 aliphatic carbocycles. The van der Waals surface area contributed by atoms with Crippen LogP contribution in [-0.2, 0) is 19.3 Å². The van der Waals surface area contributed by atoms with E-state index in [1.807, 2.05) is 0 Å². The molecule has 0 atom stereocenters. The van der Waals surface area contributed by atoms with Gasteiger partial charge in [0.1, 0.15) is 0 Å². The monoisotopic (exact) mass is 299 g/mol. The lowest BCUT2D eigenvalue weighted by atomic mass is 10.0. The third-order valence-corrected chi connectivity index (χ3v) is 4.70. The van der Waals surface area contributed by atoms with Gasteiger partial charge in [0, 0.05) is 17.9 Å². The van der Waals surface area contributed by atoms with Crippen LogP contribution in [0, 0.1) is 0 Å². The SMILES string of the molecule is c1ccc(CCN2c3ccccc3CCc3ccccc32)cc1. The van der Waals surface area contributed by atoms with E-state index < -0.39 is 0 Å². The third-order valence-electron chi connectivity index (χ3n) is 4.70. The van der Waals surface area contributed by atoms with Gasteiger partial charge in [-0.05, 0) is 48.1 Å². The summed E-state index contributed by atoms with van der Waals surface area (Å²) in [6, 6.07) is 28.5. The van der Waals surface area contributed by atoms with E-state index in [-0.39, 0.29) is 0 Å². The normalized spacial score (nSPS) is 13.1. The molecule has 1 heteroatoms. The average Bonchev–Trinajstić information content (AvgIpc) is 2.78. The zero-order valence-electron chi connectivity index (χ0n) is 13.3. The van der Waals surface area contributed by atoms with E-state index in [1.165, 1.54) is 28.1 Å². The van der Waals surface area contributed by atoms with Crippen molar-refractivity contribution in [2.75, 3.05) is 11.4 Å². The molecule has 0 bridgehead atoms. The highest BCUT2D eigenvalue weighted by Crippen LogP contribution is 2.35. The highest BCUT2D eigenvalue weighted by atomic mass is 15.1. The van der Waals surface area contributed by atoms with Crippen LogP contribution < -0.4 is 4.90 Å². The van der Waals surface area contributed by atoms with Gasteiger partial charge in [-0.1, -0.05) is 66.7 Å². The van der Waals surface area contributed by atoms with Gasteiger partial charge in [0.15, 0.2) is 0 Å². The Kier molecular flexibility index (Phi) is 3.85. The van der Waals surface area contributed by atoms with Gasteiger partial charge >= 0.3 is 0 Å². The zero-order valence-corrected chi connectivity index (χ0v) is 13.3. The molecule has 0 fully saturated rings. The van der Waals surface area contributed by atoms with Gasteiger partial charge < -0.3 is 4.90 Å². The fourth-order valence-corrected chi connectivity index (χ4v) is 3.50. The van der Waals surface area contributed by atoms with Gasteiger partial charge in [-0.3, -0.25) is 0 Å². The standard InChI is InChI=1S/C22H21N/c1-2-8-18(9-3-1)16-17-23-21-12-6-4-10-19(21)14-15-20-11-5-7-13-22(20)23/h1-13H,14-17H2. The van der Waals surface area contributed by atoms with E-state index in [9.17, 15) is 0 Å². The van der Waals surface area contributed by atoms with Crippen LogP contribution in [0.5, 0.6) is 0 Å². The maximum Gasteiger partial charge on any atom is 0.0443 e. The van der Waals surface area contributed by atoms with Crippen LogP contribution in [0.15, 0.2) is 78.9 Å². The van der Waals surface area contributed by atoms with Crippen molar-refractivity contribution >= 4 is 11.4 Å². The molecule has 1 heterocycles. The molecule has 0 spiro atoms. The molecule has 23 heavy (non-hydrogen) atoms. The van der Waals surface area contributed by atoms with Crippen LogP contribution in [-0.4, -0.2) is 6.54 Å². The van der Waals surface area contributed by atoms with E-state index >= 15 is 0 Å². The van der Waals surface area contributed by atoms with Crippen molar-refractivity contribution in [3.05, 3.63) is 95.6 Å².